The molecule has 0 aliphatic carbocycles. The normalized spacial score (nSPS) is 16.5. The summed E-state index contributed by atoms with van der Waals surface area (Å²) in [6.07, 6.45) is -0.247. The van der Waals surface area contributed by atoms with E-state index in [0.29, 0.717) is 17.9 Å². The summed E-state index contributed by atoms with van der Waals surface area (Å²) in [5.41, 5.74) is 0.870. The van der Waals surface area contributed by atoms with Crippen molar-refractivity contribution in [1.29, 1.82) is 0 Å². The van der Waals surface area contributed by atoms with Gasteiger partial charge in [-0.3, -0.25) is 14.9 Å². The highest BCUT2D eigenvalue weighted by Crippen LogP contribution is 2.35. The van der Waals surface area contributed by atoms with Gasteiger partial charge in [0.15, 0.2) is 21.3 Å². The first-order valence-electron chi connectivity index (χ1n) is 13.7. The average molecular weight is 610 g/mol. The number of alkyl halides is 1. The van der Waals surface area contributed by atoms with Gasteiger partial charge in [0.05, 0.1) is 17.0 Å². The van der Waals surface area contributed by atoms with Crippen molar-refractivity contribution in [1.82, 2.24) is 16.0 Å². The van der Waals surface area contributed by atoms with E-state index in [0.717, 1.165) is 5.56 Å². The Balaban J connectivity index is 1.80. The van der Waals surface area contributed by atoms with Gasteiger partial charge in [-0.15, -0.1) is 11.6 Å². The fraction of sp³-hybridized carbons (Fsp3) is 0.517. The number of rotatable bonds is 15. The lowest BCUT2D eigenvalue weighted by Gasteiger charge is -2.31. The second-order valence-electron chi connectivity index (χ2n) is 10.6. The van der Waals surface area contributed by atoms with Crippen molar-refractivity contribution in [2.45, 2.75) is 69.0 Å². The highest BCUT2D eigenvalue weighted by atomic mass is 35.5. The quantitative estimate of drug-likeness (QED) is 0.226. The zero-order valence-electron chi connectivity index (χ0n) is 23.8. The molecule has 1 aliphatic rings. The summed E-state index contributed by atoms with van der Waals surface area (Å²) in [4.78, 5) is 25.5. The van der Waals surface area contributed by atoms with Crippen LogP contribution >= 0.6 is 11.6 Å². The number of aliphatic hydroxyl groups is 1. The Kier molecular flexibility index (Phi) is 11.8. The number of amides is 2. The van der Waals surface area contributed by atoms with Gasteiger partial charge in [-0.05, 0) is 36.0 Å². The van der Waals surface area contributed by atoms with Crippen LogP contribution in [0.1, 0.15) is 39.7 Å². The molecule has 226 valence electrons. The van der Waals surface area contributed by atoms with Crippen molar-refractivity contribution in [3.05, 3.63) is 54.1 Å². The van der Waals surface area contributed by atoms with E-state index in [-0.39, 0.29) is 42.4 Å². The van der Waals surface area contributed by atoms with Gasteiger partial charge < -0.3 is 25.2 Å². The molecule has 10 nitrogen and oxygen atoms in total. The third kappa shape index (κ3) is 8.57. The number of fused-ring (bicyclic) bond motifs is 1. The van der Waals surface area contributed by atoms with E-state index in [9.17, 15) is 23.1 Å². The number of carbonyl (C=O) groups is 2. The molecule has 0 bridgehead atoms. The number of ether oxygens (including phenoxy) is 2. The summed E-state index contributed by atoms with van der Waals surface area (Å²) in [7, 11) is -3.87. The maximum atomic E-state index is 13.6. The lowest BCUT2D eigenvalue weighted by molar-refractivity contribution is -0.130. The minimum absolute atomic E-state index is 0.0266. The van der Waals surface area contributed by atoms with E-state index in [4.69, 9.17) is 21.1 Å². The molecule has 12 heteroatoms. The van der Waals surface area contributed by atoms with Gasteiger partial charge in [0.2, 0.25) is 18.6 Å². The Morgan fingerprint density at radius 3 is 2.34 bits per heavy atom. The van der Waals surface area contributed by atoms with Crippen molar-refractivity contribution in [3.63, 3.8) is 0 Å². The third-order valence-electron chi connectivity index (χ3n) is 7.16. The molecule has 2 aromatic carbocycles. The van der Waals surface area contributed by atoms with Gasteiger partial charge in [0.25, 0.3) is 0 Å². The number of benzene rings is 2. The van der Waals surface area contributed by atoms with Crippen LogP contribution in [-0.4, -0.2) is 68.1 Å². The molecule has 41 heavy (non-hydrogen) atoms. The highest BCUT2D eigenvalue weighted by Gasteiger charge is 2.34. The summed E-state index contributed by atoms with van der Waals surface area (Å²) in [5, 5.41) is 18.9. The van der Waals surface area contributed by atoms with Gasteiger partial charge in [-0.2, -0.15) is 0 Å². The summed E-state index contributed by atoms with van der Waals surface area (Å²) in [6.45, 7) is 7.20. The summed E-state index contributed by atoms with van der Waals surface area (Å²) < 4.78 is 37.8. The zero-order valence-corrected chi connectivity index (χ0v) is 25.4. The van der Waals surface area contributed by atoms with Gasteiger partial charge in [-0.1, -0.05) is 64.4 Å². The van der Waals surface area contributed by atoms with Gasteiger partial charge in [0.1, 0.15) is 17.3 Å². The largest absolute Gasteiger partial charge is 0.454 e. The van der Waals surface area contributed by atoms with Gasteiger partial charge >= 0.3 is 0 Å². The van der Waals surface area contributed by atoms with Crippen molar-refractivity contribution in [3.8, 4) is 11.5 Å². The van der Waals surface area contributed by atoms with Crippen molar-refractivity contribution < 1.29 is 32.6 Å². The van der Waals surface area contributed by atoms with Crippen molar-refractivity contribution >= 4 is 33.3 Å². The predicted molar refractivity (Wildman–Crippen MR) is 157 cm³/mol. The van der Waals surface area contributed by atoms with E-state index < -0.39 is 45.2 Å². The second-order valence-corrected chi connectivity index (χ2v) is 12.9. The molecule has 0 saturated carbocycles. The minimum atomic E-state index is -3.87. The zero-order chi connectivity index (χ0) is 30.2. The molecular weight excluding hydrogens is 570 g/mol. The molecule has 2 aromatic rings. The van der Waals surface area contributed by atoms with Crippen LogP contribution in [0, 0.1) is 11.8 Å². The van der Waals surface area contributed by atoms with Crippen LogP contribution in [0.3, 0.4) is 0 Å². The van der Waals surface area contributed by atoms with Crippen molar-refractivity contribution in [2.24, 2.45) is 11.8 Å². The standard InChI is InChI=1S/C29H40ClN3O7S/c1-5-19(4)27(33-26(35)15-30)28(36)32-22(13-20-9-7-6-8-10-20)23(34)16-31-29(18(2)3)41(37,38)21-11-12-24-25(14-21)40-17-39-24/h6-12,14,18-19,22-23,27,29,31,34H,5,13,15-17H2,1-4H3,(H,32,36)(H,33,35)/t19-,22?,23+,27-,29?/m0/s1. The number of hydrogen-bond acceptors (Lipinski definition) is 8. The highest BCUT2D eigenvalue weighted by molar-refractivity contribution is 7.92. The van der Waals surface area contributed by atoms with Crippen LogP contribution in [0.5, 0.6) is 11.5 Å². The average Bonchev–Trinajstić information content (AvgIpc) is 3.43. The molecule has 2 amide bonds. The maximum Gasteiger partial charge on any atom is 0.243 e. The second kappa shape index (κ2) is 14.9. The SMILES string of the molecule is CC[C@H](C)[C@H](NC(=O)CCl)C(=O)NC(Cc1ccccc1)[C@H](O)CNC(C(C)C)S(=O)(=O)c1ccc2c(c1)OCO2. The first-order valence-corrected chi connectivity index (χ1v) is 15.8. The van der Waals surface area contributed by atoms with Crippen LogP contribution in [0.15, 0.2) is 53.4 Å². The molecule has 2 unspecified atom stereocenters. The van der Waals surface area contributed by atoms with Gasteiger partial charge in [0, 0.05) is 12.6 Å². The molecule has 1 heterocycles. The number of nitrogens with one attached hydrogen (secondary N) is 3. The van der Waals surface area contributed by atoms with Gasteiger partial charge in [-0.25, -0.2) is 8.42 Å². The molecule has 4 N–H and O–H groups in total. The summed E-state index contributed by atoms with van der Waals surface area (Å²) in [5.74, 6) is -0.905. The molecular formula is C29H40ClN3O7S. The Bertz CT molecular complexity index is 1280. The monoisotopic (exact) mass is 609 g/mol. The molecule has 5 atom stereocenters. The van der Waals surface area contributed by atoms with Crippen molar-refractivity contribution in [2.75, 3.05) is 19.2 Å². The van der Waals surface area contributed by atoms with E-state index in [2.05, 4.69) is 16.0 Å². The number of carbonyl (C=O) groups excluding carboxylic acids is 2. The Morgan fingerprint density at radius 2 is 1.71 bits per heavy atom. The van der Waals surface area contributed by atoms with Crippen LogP contribution in [0.2, 0.25) is 0 Å². The third-order valence-corrected chi connectivity index (χ3v) is 9.70. The topological polar surface area (TPSA) is 143 Å². The van der Waals surface area contributed by atoms with Crippen LogP contribution in [-0.2, 0) is 25.8 Å². The molecule has 1 aliphatic heterocycles. The number of halogens is 1. The van der Waals surface area contributed by atoms with E-state index in [1.54, 1.807) is 19.9 Å². The molecule has 0 radical (unpaired) electrons. The van der Waals surface area contributed by atoms with E-state index >= 15 is 0 Å². The molecule has 0 aromatic heterocycles. The smallest absolute Gasteiger partial charge is 0.243 e. The molecule has 3 rings (SSSR count). The lowest BCUT2D eigenvalue weighted by atomic mass is 9.96. The maximum absolute atomic E-state index is 13.6. The van der Waals surface area contributed by atoms with E-state index in [1.807, 2.05) is 44.2 Å². The van der Waals surface area contributed by atoms with Crippen LogP contribution < -0.4 is 25.4 Å². The summed E-state index contributed by atoms with van der Waals surface area (Å²) in [6, 6.07) is 12.2. The molecule has 0 saturated heterocycles. The fourth-order valence-corrected chi connectivity index (χ4v) is 6.55. The Hall–Kier alpha value is -2.86. The first-order chi connectivity index (χ1) is 19.5. The Labute approximate surface area is 247 Å². The minimum Gasteiger partial charge on any atom is -0.454 e. The summed E-state index contributed by atoms with van der Waals surface area (Å²) >= 11 is 5.66. The van der Waals surface area contributed by atoms with Crippen LogP contribution in [0.4, 0.5) is 0 Å². The number of hydrogen-bond donors (Lipinski definition) is 4. The molecule has 0 spiro atoms. The van der Waals surface area contributed by atoms with Crippen LogP contribution in [0.25, 0.3) is 0 Å². The number of sulfone groups is 1. The first kappa shape index (κ1) is 32.7. The lowest BCUT2D eigenvalue weighted by Crippen LogP contribution is -2.57. The number of aliphatic hydroxyl groups excluding tert-OH is 1. The predicted octanol–water partition coefficient (Wildman–Crippen LogP) is 2.62. The van der Waals surface area contributed by atoms with E-state index in [1.165, 1.54) is 12.1 Å². The Morgan fingerprint density at radius 1 is 1.02 bits per heavy atom. The molecule has 0 fully saturated rings. The fourth-order valence-electron chi connectivity index (χ4n) is 4.62.